The van der Waals surface area contributed by atoms with Crippen molar-refractivity contribution in [2.75, 3.05) is 71.5 Å². The molecule has 1 aromatic carbocycles. The number of aliphatic hydroxyl groups is 1. The second-order valence-corrected chi connectivity index (χ2v) is 11.8. The second kappa shape index (κ2) is 14.4. The molecule has 2 heterocycles. The number of hydrogen-bond acceptors (Lipinski definition) is 7. The zero-order valence-corrected chi connectivity index (χ0v) is 24.1. The highest BCUT2D eigenvalue weighted by atomic mass is 16.5. The Morgan fingerprint density at radius 1 is 1.18 bits per heavy atom. The van der Waals surface area contributed by atoms with Crippen molar-refractivity contribution in [2.45, 2.75) is 64.5 Å². The maximum absolute atomic E-state index is 13.7. The van der Waals surface area contributed by atoms with Crippen molar-refractivity contribution in [2.24, 2.45) is 11.8 Å². The molecule has 0 unspecified atom stereocenters. The molecule has 3 aliphatic rings. The van der Waals surface area contributed by atoms with Gasteiger partial charge >= 0.3 is 0 Å². The van der Waals surface area contributed by atoms with Crippen molar-refractivity contribution in [3.05, 3.63) is 23.8 Å². The number of likely N-dealkylation sites (N-methyl/N-ethyl adjacent to an activating group) is 1. The Hall–Kier alpha value is -2.20. The van der Waals surface area contributed by atoms with Crippen LogP contribution in [0.1, 0.15) is 62.7 Å². The Labute approximate surface area is 233 Å². The number of ether oxygens (including phenoxy) is 2. The third-order valence-corrected chi connectivity index (χ3v) is 8.49. The number of carbonyl (C=O) groups is 2. The van der Waals surface area contributed by atoms with Crippen molar-refractivity contribution < 1.29 is 24.2 Å². The first-order valence-electron chi connectivity index (χ1n) is 14.8. The number of fused-ring (bicyclic) bond motifs is 1. The van der Waals surface area contributed by atoms with Gasteiger partial charge in [0.15, 0.2) is 0 Å². The van der Waals surface area contributed by atoms with E-state index in [9.17, 15) is 14.7 Å². The van der Waals surface area contributed by atoms with Gasteiger partial charge in [-0.15, -0.1) is 0 Å². The van der Waals surface area contributed by atoms with Gasteiger partial charge in [-0.1, -0.05) is 26.2 Å². The standard InChI is InChI=1S/C30H48N4O5/c1-22-18-34(23(2)21-35)30(37)26-17-25(31-29(36)11-12-33-13-15-38-16-14-33)9-10-27(26)39-28(22)20-32(3)19-24-7-5-4-6-8-24/h9-10,17,22-24,28,35H,4-8,11-16,18-21H2,1-3H3,(H,31,36)/t22-,23+,28+/m0/s1. The maximum Gasteiger partial charge on any atom is 0.258 e. The highest BCUT2D eigenvalue weighted by Crippen LogP contribution is 2.31. The van der Waals surface area contributed by atoms with E-state index in [2.05, 4.69) is 29.1 Å². The lowest BCUT2D eigenvalue weighted by atomic mass is 9.89. The minimum Gasteiger partial charge on any atom is -0.488 e. The van der Waals surface area contributed by atoms with Gasteiger partial charge in [0.1, 0.15) is 11.9 Å². The first-order valence-corrected chi connectivity index (χ1v) is 14.8. The first-order chi connectivity index (χ1) is 18.8. The monoisotopic (exact) mass is 544 g/mol. The number of benzene rings is 1. The van der Waals surface area contributed by atoms with Crippen LogP contribution < -0.4 is 10.1 Å². The number of hydrogen-bond donors (Lipinski definition) is 2. The van der Waals surface area contributed by atoms with Crippen molar-refractivity contribution in [3.63, 3.8) is 0 Å². The summed E-state index contributed by atoms with van der Waals surface area (Å²) in [5, 5.41) is 12.9. The average molecular weight is 545 g/mol. The molecule has 1 saturated heterocycles. The summed E-state index contributed by atoms with van der Waals surface area (Å²) in [6.45, 7) is 9.97. The SMILES string of the molecule is C[C@H](CO)N1C[C@H](C)[C@@H](CN(C)CC2CCCCC2)Oc2ccc(NC(=O)CCN3CCOCC3)cc2C1=O. The molecule has 2 fully saturated rings. The summed E-state index contributed by atoms with van der Waals surface area (Å²) in [4.78, 5) is 32.7. The topological polar surface area (TPSA) is 94.6 Å². The van der Waals surface area contributed by atoms with Crippen LogP contribution in [0.25, 0.3) is 0 Å². The van der Waals surface area contributed by atoms with Crippen LogP contribution in [0, 0.1) is 11.8 Å². The van der Waals surface area contributed by atoms with Crippen LogP contribution in [0.3, 0.4) is 0 Å². The first kappa shape index (κ1) is 29.8. The molecule has 2 aliphatic heterocycles. The number of nitrogens with zero attached hydrogens (tertiary/aromatic N) is 3. The normalized spacial score (nSPS) is 24.0. The Bertz CT molecular complexity index is 947. The van der Waals surface area contributed by atoms with E-state index in [-0.39, 0.29) is 36.5 Å². The van der Waals surface area contributed by atoms with Crippen molar-refractivity contribution in [1.29, 1.82) is 0 Å². The number of rotatable bonds is 10. The second-order valence-electron chi connectivity index (χ2n) is 11.8. The van der Waals surface area contributed by atoms with E-state index >= 15 is 0 Å². The molecule has 2 N–H and O–H groups in total. The Kier molecular flexibility index (Phi) is 11.0. The van der Waals surface area contributed by atoms with Crippen molar-refractivity contribution in [3.8, 4) is 5.75 Å². The van der Waals surface area contributed by atoms with E-state index in [1.165, 1.54) is 32.1 Å². The van der Waals surface area contributed by atoms with Gasteiger partial charge < -0.3 is 29.7 Å². The number of anilines is 1. The number of morpholine rings is 1. The summed E-state index contributed by atoms with van der Waals surface area (Å²) in [6, 6.07) is 5.02. The van der Waals surface area contributed by atoms with E-state index in [0.717, 1.165) is 32.1 Å². The third-order valence-electron chi connectivity index (χ3n) is 8.49. The van der Waals surface area contributed by atoms with Crippen LogP contribution in [0.15, 0.2) is 18.2 Å². The molecule has 1 aromatic rings. The van der Waals surface area contributed by atoms with Gasteiger partial charge in [-0.05, 0) is 50.9 Å². The fourth-order valence-electron chi connectivity index (χ4n) is 6.02. The predicted molar refractivity (Wildman–Crippen MR) is 152 cm³/mol. The van der Waals surface area contributed by atoms with Gasteiger partial charge in [0.05, 0.1) is 31.4 Å². The van der Waals surface area contributed by atoms with E-state index in [4.69, 9.17) is 9.47 Å². The van der Waals surface area contributed by atoms with Crippen molar-refractivity contribution >= 4 is 17.5 Å². The quantitative estimate of drug-likeness (QED) is 0.468. The van der Waals surface area contributed by atoms with Crippen LogP contribution in [0.4, 0.5) is 5.69 Å². The van der Waals surface area contributed by atoms with Gasteiger partial charge in [0, 0.05) is 57.3 Å². The lowest BCUT2D eigenvalue weighted by Crippen LogP contribution is -2.50. The Morgan fingerprint density at radius 3 is 2.64 bits per heavy atom. The highest BCUT2D eigenvalue weighted by Gasteiger charge is 2.34. The summed E-state index contributed by atoms with van der Waals surface area (Å²) in [5.41, 5.74) is 1.00. The van der Waals surface area contributed by atoms with E-state index < -0.39 is 0 Å². The maximum atomic E-state index is 13.7. The summed E-state index contributed by atoms with van der Waals surface area (Å²) in [7, 11) is 2.17. The van der Waals surface area contributed by atoms with E-state index in [1.807, 2.05) is 13.0 Å². The minimum absolute atomic E-state index is 0.0860. The zero-order chi connectivity index (χ0) is 27.8. The van der Waals surface area contributed by atoms with E-state index in [1.54, 1.807) is 17.0 Å². The molecule has 1 saturated carbocycles. The van der Waals surface area contributed by atoms with Gasteiger partial charge in [0.2, 0.25) is 5.91 Å². The molecule has 0 bridgehead atoms. The molecular weight excluding hydrogens is 496 g/mol. The fourth-order valence-corrected chi connectivity index (χ4v) is 6.02. The zero-order valence-electron chi connectivity index (χ0n) is 24.1. The lowest BCUT2D eigenvalue weighted by Gasteiger charge is -2.38. The number of carbonyl (C=O) groups excluding carboxylic acids is 2. The molecule has 39 heavy (non-hydrogen) atoms. The Morgan fingerprint density at radius 2 is 1.92 bits per heavy atom. The molecular formula is C30H48N4O5. The summed E-state index contributed by atoms with van der Waals surface area (Å²) < 4.78 is 11.9. The highest BCUT2D eigenvalue weighted by molar-refractivity contribution is 5.99. The van der Waals surface area contributed by atoms with Crippen LogP contribution >= 0.6 is 0 Å². The minimum atomic E-state index is -0.321. The van der Waals surface area contributed by atoms with Crippen LogP contribution in [0.2, 0.25) is 0 Å². The molecule has 4 rings (SSSR count). The molecule has 0 spiro atoms. The van der Waals surface area contributed by atoms with Gasteiger partial charge in [-0.2, -0.15) is 0 Å². The molecule has 9 nitrogen and oxygen atoms in total. The van der Waals surface area contributed by atoms with Crippen LogP contribution in [0.5, 0.6) is 5.75 Å². The van der Waals surface area contributed by atoms with Gasteiger partial charge in [-0.3, -0.25) is 14.5 Å². The number of amides is 2. The fraction of sp³-hybridized carbons (Fsp3) is 0.733. The molecule has 0 radical (unpaired) electrons. The molecule has 218 valence electrons. The van der Waals surface area contributed by atoms with Crippen LogP contribution in [-0.2, 0) is 9.53 Å². The van der Waals surface area contributed by atoms with Gasteiger partial charge in [0.25, 0.3) is 5.91 Å². The van der Waals surface area contributed by atoms with Crippen molar-refractivity contribution in [1.82, 2.24) is 14.7 Å². The Balaban J connectivity index is 1.47. The lowest BCUT2D eigenvalue weighted by molar-refractivity contribution is -0.116. The predicted octanol–water partition coefficient (Wildman–Crippen LogP) is 3.08. The van der Waals surface area contributed by atoms with E-state index in [0.29, 0.717) is 49.7 Å². The average Bonchev–Trinajstić information content (AvgIpc) is 2.94. The molecule has 9 heteroatoms. The molecule has 0 aromatic heterocycles. The molecule has 1 aliphatic carbocycles. The largest absolute Gasteiger partial charge is 0.488 e. The summed E-state index contributed by atoms with van der Waals surface area (Å²) >= 11 is 0. The number of aliphatic hydroxyl groups excluding tert-OH is 1. The smallest absolute Gasteiger partial charge is 0.258 e. The van der Waals surface area contributed by atoms with Gasteiger partial charge in [-0.25, -0.2) is 0 Å². The summed E-state index contributed by atoms with van der Waals surface area (Å²) in [5.74, 6) is 1.09. The number of nitrogens with one attached hydrogen (secondary N) is 1. The molecule has 3 atom stereocenters. The third kappa shape index (κ3) is 8.39. The summed E-state index contributed by atoms with van der Waals surface area (Å²) in [6.07, 6.45) is 6.87. The molecule has 2 amide bonds. The van der Waals surface area contributed by atoms with Crippen LogP contribution in [-0.4, -0.2) is 110 Å².